The maximum Gasteiger partial charge on any atom is 0.390 e. The Morgan fingerprint density at radius 2 is 1.96 bits per heavy atom. The zero-order valence-corrected chi connectivity index (χ0v) is 17.0. The predicted octanol–water partition coefficient (Wildman–Crippen LogP) is 4.14. The molecule has 25 heavy (non-hydrogen) atoms. The molecule has 0 spiro atoms. The minimum Gasteiger partial charge on any atom is -0.494 e. The molecule has 0 aliphatic rings. The van der Waals surface area contributed by atoms with Gasteiger partial charge in [-0.2, -0.15) is 13.2 Å². The van der Waals surface area contributed by atoms with Gasteiger partial charge in [-0.25, -0.2) is 0 Å². The minimum atomic E-state index is -4.18. The highest BCUT2D eigenvalue weighted by molar-refractivity contribution is 14.0. The minimum absolute atomic E-state index is 0. The Hall–Kier alpha value is -1.19. The first-order valence-electron chi connectivity index (χ1n) is 8.25. The molecule has 0 aliphatic heterocycles. The normalized spacial score (nSPS) is 11.6. The predicted molar refractivity (Wildman–Crippen MR) is 106 cm³/mol. The molecular weight excluding hydrogens is 446 g/mol. The van der Waals surface area contributed by atoms with E-state index < -0.39 is 12.6 Å². The molecule has 1 aromatic rings. The zero-order chi connectivity index (χ0) is 17.8. The highest BCUT2D eigenvalue weighted by Gasteiger charge is 2.26. The lowest BCUT2D eigenvalue weighted by Crippen LogP contribution is -2.38. The summed E-state index contributed by atoms with van der Waals surface area (Å²) >= 11 is 0. The number of ether oxygens (including phenoxy) is 1. The Balaban J connectivity index is 0.00000576. The Kier molecular flexibility index (Phi) is 12.5. The van der Waals surface area contributed by atoms with Gasteiger partial charge in [-0.05, 0) is 37.5 Å². The van der Waals surface area contributed by atoms with Crippen molar-refractivity contribution in [3.05, 3.63) is 29.8 Å². The fraction of sp³-hybridized carbons (Fsp3) is 0.588. The topological polar surface area (TPSA) is 45.6 Å². The standard InChI is InChI=1S/C17H26F3N3O.HI/c1-3-12-24-15-7-5-6-14(13-15)8-10-22-16(21-4-2)23-11-9-17(18,19)20;/h5-7,13H,3-4,8-12H2,1-2H3,(H2,21,22,23);1H. The second-order valence-electron chi connectivity index (χ2n) is 5.30. The molecule has 144 valence electrons. The Morgan fingerprint density at radius 1 is 1.20 bits per heavy atom. The molecule has 0 saturated heterocycles. The number of halogens is 4. The van der Waals surface area contributed by atoms with Gasteiger partial charge in [-0.1, -0.05) is 19.1 Å². The lowest BCUT2D eigenvalue weighted by atomic mass is 10.1. The van der Waals surface area contributed by atoms with E-state index in [0.29, 0.717) is 25.7 Å². The summed E-state index contributed by atoms with van der Waals surface area (Å²) in [6, 6.07) is 7.82. The Labute approximate surface area is 164 Å². The van der Waals surface area contributed by atoms with Gasteiger partial charge < -0.3 is 15.4 Å². The zero-order valence-electron chi connectivity index (χ0n) is 14.7. The van der Waals surface area contributed by atoms with Gasteiger partial charge in [0.05, 0.1) is 19.6 Å². The summed E-state index contributed by atoms with van der Waals surface area (Å²) in [5.41, 5.74) is 1.10. The van der Waals surface area contributed by atoms with E-state index >= 15 is 0 Å². The number of benzene rings is 1. The van der Waals surface area contributed by atoms with Crippen molar-refractivity contribution >= 4 is 29.9 Å². The summed E-state index contributed by atoms with van der Waals surface area (Å²) in [5, 5.41) is 5.99. The Morgan fingerprint density at radius 3 is 2.60 bits per heavy atom. The molecule has 0 aliphatic carbocycles. The molecule has 0 fully saturated rings. The smallest absolute Gasteiger partial charge is 0.390 e. The third kappa shape index (κ3) is 11.9. The first-order chi connectivity index (χ1) is 11.4. The molecule has 2 N–H and O–H groups in total. The third-order valence-corrected chi connectivity index (χ3v) is 3.09. The van der Waals surface area contributed by atoms with Crippen molar-refractivity contribution in [3.63, 3.8) is 0 Å². The van der Waals surface area contributed by atoms with Crippen LogP contribution < -0.4 is 15.4 Å². The number of hydrogen-bond donors (Lipinski definition) is 2. The summed E-state index contributed by atoms with van der Waals surface area (Å²) in [4.78, 5) is 3.94. The van der Waals surface area contributed by atoms with Crippen LogP contribution in [-0.4, -0.2) is 38.4 Å². The number of hydrogen-bond acceptors (Lipinski definition) is 2. The van der Waals surface area contributed by atoms with Crippen LogP contribution in [0.3, 0.4) is 0 Å². The number of alkyl halides is 3. The largest absolute Gasteiger partial charge is 0.494 e. The third-order valence-electron chi connectivity index (χ3n) is 3.09. The van der Waals surface area contributed by atoms with Crippen molar-refractivity contribution < 1.29 is 17.9 Å². The molecule has 1 rings (SSSR count). The number of guanidine groups is 1. The van der Waals surface area contributed by atoms with Crippen LogP contribution in [0.5, 0.6) is 5.75 Å². The summed E-state index contributed by atoms with van der Waals surface area (Å²) in [6.45, 7) is 5.49. The van der Waals surface area contributed by atoms with Crippen LogP contribution in [-0.2, 0) is 6.42 Å². The fourth-order valence-electron chi connectivity index (χ4n) is 1.97. The highest BCUT2D eigenvalue weighted by atomic mass is 127. The van der Waals surface area contributed by atoms with Crippen LogP contribution in [0, 0.1) is 0 Å². The molecule has 0 amide bonds. The maximum absolute atomic E-state index is 12.2. The summed E-state index contributed by atoms with van der Waals surface area (Å²) in [7, 11) is 0. The van der Waals surface area contributed by atoms with Crippen molar-refractivity contribution in [2.75, 3.05) is 26.2 Å². The molecule has 0 radical (unpaired) electrons. The average molecular weight is 473 g/mol. The number of rotatable bonds is 9. The van der Waals surface area contributed by atoms with Crippen LogP contribution in [0.25, 0.3) is 0 Å². The quantitative estimate of drug-likeness (QED) is 0.322. The monoisotopic (exact) mass is 473 g/mol. The molecular formula is C17H27F3IN3O. The number of aliphatic imine (C=N–C) groups is 1. The first-order valence-corrected chi connectivity index (χ1v) is 8.25. The van der Waals surface area contributed by atoms with E-state index in [4.69, 9.17) is 4.74 Å². The number of nitrogens with one attached hydrogen (secondary N) is 2. The second kappa shape index (κ2) is 13.1. The van der Waals surface area contributed by atoms with E-state index in [1.54, 1.807) is 0 Å². The van der Waals surface area contributed by atoms with E-state index in [1.165, 1.54) is 0 Å². The molecule has 0 atom stereocenters. The maximum atomic E-state index is 12.2. The second-order valence-corrected chi connectivity index (χ2v) is 5.30. The van der Waals surface area contributed by atoms with Gasteiger partial charge in [0.1, 0.15) is 5.75 Å². The molecule has 0 bridgehead atoms. The fourth-order valence-corrected chi connectivity index (χ4v) is 1.97. The lowest BCUT2D eigenvalue weighted by molar-refractivity contribution is -0.132. The molecule has 1 aromatic carbocycles. The van der Waals surface area contributed by atoms with Gasteiger partial charge in [0.15, 0.2) is 5.96 Å². The van der Waals surface area contributed by atoms with E-state index in [9.17, 15) is 13.2 Å². The van der Waals surface area contributed by atoms with E-state index in [2.05, 4.69) is 15.6 Å². The van der Waals surface area contributed by atoms with Gasteiger partial charge in [-0.15, -0.1) is 24.0 Å². The van der Waals surface area contributed by atoms with Crippen molar-refractivity contribution in [2.45, 2.75) is 39.3 Å². The van der Waals surface area contributed by atoms with Gasteiger partial charge in [0, 0.05) is 13.1 Å². The van der Waals surface area contributed by atoms with Crippen molar-refractivity contribution in [2.24, 2.45) is 4.99 Å². The van der Waals surface area contributed by atoms with Gasteiger partial charge in [-0.3, -0.25) is 4.99 Å². The average Bonchev–Trinajstić information content (AvgIpc) is 2.52. The highest BCUT2D eigenvalue weighted by Crippen LogP contribution is 2.18. The van der Waals surface area contributed by atoms with Crippen LogP contribution in [0.1, 0.15) is 32.3 Å². The molecule has 0 saturated carbocycles. The summed E-state index contributed by atoms with van der Waals surface area (Å²) in [5.74, 6) is 1.24. The van der Waals surface area contributed by atoms with Crippen molar-refractivity contribution in [3.8, 4) is 5.75 Å². The van der Waals surface area contributed by atoms with Crippen LogP contribution in [0.4, 0.5) is 13.2 Å². The van der Waals surface area contributed by atoms with Gasteiger partial charge in [0.25, 0.3) is 0 Å². The summed E-state index contributed by atoms with van der Waals surface area (Å²) < 4.78 is 42.1. The van der Waals surface area contributed by atoms with E-state index in [0.717, 1.165) is 24.2 Å². The molecule has 4 nitrogen and oxygen atoms in total. The first kappa shape index (κ1) is 23.8. The van der Waals surface area contributed by atoms with Crippen LogP contribution in [0.2, 0.25) is 0 Å². The van der Waals surface area contributed by atoms with E-state index in [1.807, 2.05) is 38.1 Å². The summed E-state index contributed by atoms with van der Waals surface area (Å²) in [6.07, 6.45) is -3.42. The van der Waals surface area contributed by atoms with Crippen LogP contribution in [0.15, 0.2) is 29.3 Å². The Bertz CT molecular complexity index is 510. The van der Waals surface area contributed by atoms with Crippen LogP contribution >= 0.6 is 24.0 Å². The lowest BCUT2D eigenvalue weighted by Gasteiger charge is -2.12. The molecule has 8 heteroatoms. The molecule has 0 aromatic heterocycles. The SMILES string of the molecule is CCCOc1cccc(CCNC(=NCCC(F)(F)F)NCC)c1.I. The molecule has 0 heterocycles. The van der Waals surface area contributed by atoms with Gasteiger partial charge >= 0.3 is 6.18 Å². The van der Waals surface area contributed by atoms with Gasteiger partial charge in [0.2, 0.25) is 0 Å². The van der Waals surface area contributed by atoms with E-state index in [-0.39, 0.29) is 30.5 Å². The number of nitrogens with zero attached hydrogens (tertiary/aromatic N) is 1. The molecule has 0 unspecified atom stereocenters. The van der Waals surface area contributed by atoms with Crippen molar-refractivity contribution in [1.82, 2.24) is 10.6 Å². The van der Waals surface area contributed by atoms with Crippen molar-refractivity contribution in [1.29, 1.82) is 0 Å².